The number of methoxy groups -OCH3 is 2. The average Bonchev–Trinajstić information content (AvgIpc) is 2.82. The second kappa shape index (κ2) is 12.5. The van der Waals surface area contributed by atoms with Crippen molar-refractivity contribution in [3.05, 3.63) is 41.5 Å². The number of phenols is 1. The zero-order valence-electron chi connectivity index (χ0n) is 20.9. The van der Waals surface area contributed by atoms with E-state index >= 15 is 0 Å². The number of phenolic OH excluding ortho intramolecular Hbond substituents is 1. The van der Waals surface area contributed by atoms with Crippen molar-refractivity contribution in [3.63, 3.8) is 0 Å². The van der Waals surface area contributed by atoms with E-state index in [4.69, 9.17) is 14.2 Å². The number of benzene rings is 1. The van der Waals surface area contributed by atoms with E-state index in [2.05, 4.69) is 0 Å². The number of aromatic hydroxyl groups is 1. The zero-order valence-corrected chi connectivity index (χ0v) is 20.9. The zero-order chi connectivity index (χ0) is 25.4. The third kappa shape index (κ3) is 6.53. The number of hydrogen-bond acceptors (Lipinski definition) is 6. The predicted octanol–water partition coefficient (Wildman–Crippen LogP) is 4.13. The first-order valence-electron chi connectivity index (χ1n) is 11.7. The summed E-state index contributed by atoms with van der Waals surface area (Å²) in [5.41, 5.74) is 0.728. The summed E-state index contributed by atoms with van der Waals surface area (Å²) in [5, 5.41) is 20.1. The Kier molecular flexibility index (Phi) is 9.98. The number of allylic oxidation sites excluding steroid dienone is 2. The fraction of sp³-hybridized carbons (Fsp3) is 0.538. The van der Waals surface area contributed by atoms with Gasteiger partial charge in [-0.1, -0.05) is 32.1 Å². The molecule has 1 aromatic carbocycles. The number of morpholine rings is 1. The lowest BCUT2D eigenvalue weighted by molar-refractivity contribution is -0.143. The first-order valence-corrected chi connectivity index (χ1v) is 11.7. The molecule has 0 aromatic heterocycles. The first-order chi connectivity index (χ1) is 16.2. The summed E-state index contributed by atoms with van der Waals surface area (Å²) in [4.78, 5) is 26.4. The van der Waals surface area contributed by atoms with Crippen LogP contribution in [0.5, 0.6) is 17.2 Å². The Morgan fingerprint density at radius 1 is 1.15 bits per heavy atom. The lowest BCUT2D eigenvalue weighted by Gasteiger charge is -2.37. The number of carbonyl (C=O) groups excluding carboxylic acids is 1. The van der Waals surface area contributed by atoms with E-state index in [0.717, 1.165) is 0 Å². The molecule has 0 radical (unpaired) electrons. The van der Waals surface area contributed by atoms with Crippen molar-refractivity contribution in [2.45, 2.75) is 58.7 Å². The molecule has 2 N–H and O–H groups in total. The first kappa shape index (κ1) is 27.2. The van der Waals surface area contributed by atoms with Gasteiger partial charge in [0.15, 0.2) is 0 Å². The predicted molar refractivity (Wildman–Crippen MR) is 129 cm³/mol. The molecule has 1 saturated heterocycles. The molecule has 3 rings (SSSR count). The number of aliphatic carboxylic acids is 1. The maximum absolute atomic E-state index is 13.3. The van der Waals surface area contributed by atoms with Crippen LogP contribution in [0.1, 0.15) is 52.0 Å². The normalized spacial score (nSPS) is 22.7. The Morgan fingerprint density at radius 3 is 2.29 bits per heavy atom. The number of carboxylic acids is 1. The maximum Gasteiger partial charge on any atom is 0.335 e. The van der Waals surface area contributed by atoms with Crippen LogP contribution in [0.3, 0.4) is 0 Å². The minimum atomic E-state index is -0.992. The van der Waals surface area contributed by atoms with Crippen LogP contribution in [0.25, 0.3) is 0 Å². The molecule has 1 fully saturated rings. The van der Waals surface area contributed by atoms with Crippen molar-refractivity contribution in [1.82, 2.24) is 4.90 Å². The van der Waals surface area contributed by atoms with Crippen molar-refractivity contribution >= 4 is 11.9 Å². The Labute approximate surface area is 201 Å². The highest BCUT2D eigenvalue weighted by molar-refractivity contribution is 5.90. The van der Waals surface area contributed by atoms with Gasteiger partial charge in [0.05, 0.1) is 32.0 Å². The lowest BCUT2D eigenvalue weighted by Crippen LogP contribution is -2.48. The molecule has 1 heterocycles. The van der Waals surface area contributed by atoms with Crippen molar-refractivity contribution in [2.24, 2.45) is 5.92 Å². The second-order valence-electron chi connectivity index (χ2n) is 8.35. The topological polar surface area (TPSA) is 106 Å². The Morgan fingerprint density at radius 2 is 1.79 bits per heavy atom. The van der Waals surface area contributed by atoms with Gasteiger partial charge in [-0.25, -0.2) is 4.79 Å². The number of hydrogen-bond donors (Lipinski definition) is 2. The van der Waals surface area contributed by atoms with Gasteiger partial charge in [0, 0.05) is 43.1 Å². The highest BCUT2D eigenvalue weighted by Gasteiger charge is 2.34. The van der Waals surface area contributed by atoms with Crippen LogP contribution in [-0.4, -0.2) is 66.5 Å². The third-order valence-corrected chi connectivity index (χ3v) is 5.98. The van der Waals surface area contributed by atoms with E-state index in [0.29, 0.717) is 36.6 Å². The van der Waals surface area contributed by atoms with Gasteiger partial charge in [-0.05, 0) is 26.2 Å². The number of nitrogens with zero attached hydrogens (tertiary/aromatic N) is 1. The number of amides is 1. The Bertz CT molecular complexity index is 914. The summed E-state index contributed by atoms with van der Waals surface area (Å²) in [6, 6.07) is 3.18. The molecule has 8 heteroatoms. The van der Waals surface area contributed by atoms with Crippen LogP contribution in [0.4, 0.5) is 0 Å². The van der Waals surface area contributed by atoms with Gasteiger partial charge < -0.3 is 29.3 Å². The largest absolute Gasteiger partial charge is 0.507 e. The van der Waals surface area contributed by atoms with Crippen LogP contribution >= 0.6 is 0 Å². The van der Waals surface area contributed by atoms with E-state index in [1.807, 2.05) is 27.7 Å². The van der Waals surface area contributed by atoms with Crippen LogP contribution in [-0.2, 0) is 14.3 Å². The van der Waals surface area contributed by atoms with Gasteiger partial charge in [-0.15, -0.1) is 0 Å². The molecule has 1 unspecified atom stereocenters. The number of rotatable bonds is 7. The summed E-state index contributed by atoms with van der Waals surface area (Å²) >= 11 is 0. The van der Waals surface area contributed by atoms with Crippen LogP contribution in [0.2, 0.25) is 0 Å². The number of ether oxygens (including phenoxy) is 3. The SMILES string of the molecule is CC.COc1cc(O)c(C(CC(=O)N2C[C@@H](C)O[C@@H](C)C2)[C@@H]2C=CC(C(=O)O)=CC2)c(OC)c1. The van der Waals surface area contributed by atoms with Crippen LogP contribution in [0.15, 0.2) is 35.9 Å². The van der Waals surface area contributed by atoms with E-state index in [1.165, 1.54) is 20.3 Å². The lowest BCUT2D eigenvalue weighted by atomic mass is 9.78. The quantitative estimate of drug-likeness (QED) is 0.611. The highest BCUT2D eigenvalue weighted by Crippen LogP contribution is 2.45. The molecule has 1 aliphatic carbocycles. The molecule has 1 aliphatic heterocycles. The van der Waals surface area contributed by atoms with Crippen LogP contribution < -0.4 is 9.47 Å². The monoisotopic (exact) mass is 475 g/mol. The smallest absolute Gasteiger partial charge is 0.335 e. The van der Waals surface area contributed by atoms with E-state index in [1.54, 1.807) is 29.2 Å². The van der Waals surface area contributed by atoms with Gasteiger partial charge in [0.1, 0.15) is 17.2 Å². The van der Waals surface area contributed by atoms with Crippen LogP contribution in [0, 0.1) is 5.92 Å². The molecule has 0 bridgehead atoms. The fourth-order valence-corrected chi connectivity index (χ4v) is 4.51. The number of carbonyl (C=O) groups is 2. The summed E-state index contributed by atoms with van der Waals surface area (Å²) < 4.78 is 16.5. The Balaban J connectivity index is 0.00000199. The molecular formula is C26H37NO7. The van der Waals surface area contributed by atoms with Gasteiger partial charge >= 0.3 is 5.97 Å². The second-order valence-corrected chi connectivity index (χ2v) is 8.35. The fourth-order valence-electron chi connectivity index (χ4n) is 4.51. The third-order valence-electron chi connectivity index (χ3n) is 5.98. The highest BCUT2D eigenvalue weighted by atomic mass is 16.5. The average molecular weight is 476 g/mol. The Hall–Kier alpha value is -3.00. The minimum Gasteiger partial charge on any atom is -0.507 e. The van der Waals surface area contributed by atoms with Gasteiger partial charge in [-0.3, -0.25) is 4.79 Å². The summed E-state index contributed by atoms with van der Waals surface area (Å²) in [7, 11) is 3.00. The van der Waals surface area contributed by atoms with Gasteiger partial charge in [0.2, 0.25) is 5.91 Å². The van der Waals surface area contributed by atoms with Crippen molar-refractivity contribution in [2.75, 3.05) is 27.3 Å². The molecule has 0 spiro atoms. The summed E-state index contributed by atoms with van der Waals surface area (Å²) in [5.74, 6) is -0.805. The molecule has 1 aromatic rings. The molecule has 1 amide bonds. The number of carboxylic acid groups (broad SMARTS) is 1. The standard InChI is InChI=1S/C24H31NO7.C2H6/c1-14-12-25(13-15(2)32-14)22(27)11-19(16-5-7-17(8-6-16)24(28)29)23-20(26)9-18(30-3)10-21(23)31-4;1-2/h5,7-10,14-16,19,26H,6,11-13H2,1-4H3,(H,28,29);1-2H3/t14-,15+,16-,19?;/m1./s1. The van der Waals surface area contributed by atoms with Gasteiger partial charge in [0.25, 0.3) is 0 Å². The van der Waals surface area contributed by atoms with E-state index in [9.17, 15) is 19.8 Å². The van der Waals surface area contributed by atoms with Crippen molar-refractivity contribution in [3.8, 4) is 17.2 Å². The van der Waals surface area contributed by atoms with Gasteiger partial charge in [-0.2, -0.15) is 0 Å². The maximum atomic E-state index is 13.3. The molecule has 0 saturated carbocycles. The summed E-state index contributed by atoms with van der Waals surface area (Å²) in [6.07, 6.45) is 5.47. The molecule has 4 atom stereocenters. The van der Waals surface area contributed by atoms with Crippen molar-refractivity contribution in [1.29, 1.82) is 0 Å². The molecular weight excluding hydrogens is 438 g/mol. The van der Waals surface area contributed by atoms with E-state index < -0.39 is 11.9 Å². The summed E-state index contributed by atoms with van der Waals surface area (Å²) in [6.45, 7) is 8.89. The van der Waals surface area contributed by atoms with Crippen molar-refractivity contribution < 1.29 is 34.0 Å². The molecule has 188 valence electrons. The molecule has 34 heavy (non-hydrogen) atoms. The molecule has 2 aliphatic rings. The molecule has 8 nitrogen and oxygen atoms in total. The minimum absolute atomic E-state index is 0.0240. The van der Waals surface area contributed by atoms with E-state index in [-0.39, 0.29) is 41.8 Å².